The van der Waals surface area contributed by atoms with Gasteiger partial charge in [0, 0.05) is 15.6 Å². The molecule has 0 saturated heterocycles. The number of benzene rings is 2. The van der Waals surface area contributed by atoms with Crippen molar-refractivity contribution < 1.29 is 9.90 Å². The first kappa shape index (κ1) is 18.8. The van der Waals surface area contributed by atoms with Gasteiger partial charge in [-0.3, -0.25) is 4.31 Å². The molecule has 26 heavy (non-hydrogen) atoms. The molecule has 3 rings (SSSR count). The zero-order valence-corrected chi connectivity index (χ0v) is 16.6. The maximum absolute atomic E-state index is 11.0. The Hall–Kier alpha value is -2.02. The van der Waals surface area contributed by atoms with Crippen molar-refractivity contribution in [2.75, 3.05) is 4.31 Å². The molecule has 0 aliphatic heterocycles. The number of aromatic nitrogens is 1. The summed E-state index contributed by atoms with van der Waals surface area (Å²) < 4.78 is 2.79. The lowest BCUT2D eigenvalue weighted by atomic mass is 10.2. The van der Waals surface area contributed by atoms with Gasteiger partial charge in [0.1, 0.15) is 0 Å². The molecule has 1 heterocycles. The van der Waals surface area contributed by atoms with Gasteiger partial charge in [-0.1, -0.05) is 41.9 Å². The number of pyridine rings is 1. The van der Waals surface area contributed by atoms with Crippen LogP contribution in [-0.2, 0) is 6.54 Å². The molecule has 4 nitrogen and oxygen atoms in total. The van der Waals surface area contributed by atoms with Crippen LogP contribution in [0.5, 0.6) is 0 Å². The third-order valence-electron chi connectivity index (χ3n) is 3.51. The van der Waals surface area contributed by atoms with Crippen LogP contribution in [0.3, 0.4) is 0 Å². The summed E-state index contributed by atoms with van der Waals surface area (Å²) in [5.74, 6) is -0.300. The number of halogens is 2. The van der Waals surface area contributed by atoms with E-state index in [4.69, 9.17) is 16.7 Å². The Morgan fingerprint density at radius 2 is 1.85 bits per heavy atom. The molecule has 0 spiro atoms. The van der Waals surface area contributed by atoms with Gasteiger partial charge in [-0.25, -0.2) is 9.78 Å². The van der Waals surface area contributed by atoms with E-state index in [1.165, 1.54) is 11.9 Å². The Labute approximate surface area is 169 Å². The standard InChI is InChI=1S/C19H14BrClN2O2S/c20-15-10-17(21)18(22-11-15)23(12-13-4-2-1-3-5-13)26-16-8-6-14(7-9-16)19(24)25/h1-11H,12H2,(H,24,25). The third-order valence-corrected chi connectivity index (χ3v) is 5.23. The molecule has 7 heteroatoms. The number of aromatic carboxylic acids is 1. The Kier molecular flexibility index (Phi) is 6.19. The molecule has 0 fully saturated rings. The topological polar surface area (TPSA) is 53.4 Å². The number of nitrogens with zero attached hydrogens (tertiary/aromatic N) is 2. The number of rotatable bonds is 6. The number of hydrogen-bond acceptors (Lipinski definition) is 4. The minimum absolute atomic E-state index is 0.253. The predicted octanol–water partition coefficient (Wildman–Crippen LogP) is 5.91. The molecule has 0 aliphatic carbocycles. The van der Waals surface area contributed by atoms with Crippen molar-refractivity contribution in [3.05, 3.63) is 87.5 Å². The highest BCUT2D eigenvalue weighted by atomic mass is 79.9. The summed E-state index contributed by atoms with van der Waals surface area (Å²) in [6, 6.07) is 18.5. The van der Waals surface area contributed by atoms with E-state index in [0.717, 1.165) is 14.9 Å². The molecule has 1 N–H and O–H groups in total. The number of hydrogen-bond donors (Lipinski definition) is 1. The quantitative estimate of drug-likeness (QED) is 0.474. The van der Waals surface area contributed by atoms with Crippen LogP contribution in [0.4, 0.5) is 5.82 Å². The monoisotopic (exact) mass is 448 g/mol. The number of carboxylic acid groups (broad SMARTS) is 1. The first-order valence-corrected chi connectivity index (χ1v) is 9.61. The van der Waals surface area contributed by atoms with Crippen molar-refractivity contribution in [2.24, 2.45) is 0 Å². The number of carboxylic acids is 1. The molecule has 0 amide bonds. The van der Waals surface area contributed by atoms with Gasteiger partial charge in [-0.15, -0.1) is 0 Å². The summed E-state index contributed by atoms with van der Waals surface area (Å²) >= 11 is 11.2. The molecule has 0 atom stereocenters. The normalized spacial score (nSPS) is 10.5. The second kappa shape index (κ2) is 8.58. The molecule has 0 unspecified atom stereocenters. The molecule has 0 saturated carbocycles. The Morgan fingerprint density at radius 3 is 2.46 bits per heavy atom. The molecular formula is C19H14BrClN2O2S. The fraction of sp³-hybridized carbons (Fsp3) is 0.0526. The van der Waals surface area contributed by atoms with Crippen LogP contribution in [0, 0.1) is 0 Å². The molecule has 132 valence electrons. The van der Waals surface area contributed by atoms with E-state index < -0.39 is 5.97 Å². The number of anilines is 1. The second-order valence-electron chi connectivity index (χ2n) is 5.40. The van der Waals surface area contributed by atoms with Crippen LogP contribution in [0.2, 0.25) is 5.02 Å². The van der Waals surface area contributed by atoms with Gasteiger partial charge < -0.3 is 5.11 Å². The zero-order chi connectivity index (χ0) is 18.5. The highest BCUT2D eigenvalue weighted by molar-refractivity contribution is 9.10. The van der Waals surface area contributed by atoms with Crippen molar-refractivity contribution in [1.29, 1.82) is 0 Å². The van der Waals surface area contributed by atoms with E-state index in [9.17, 15) is 4.79 Å². The van der Waals surface area contributed by atoms with E-state index in [0.29, 0.717) is 17.4 Å². The summed E-state index contributed by atoms with van der Waals surface area (Å²) in [6.45, 7) is 0.598. The first-order valence-electron chi connectivity index (χ1n) is 7.67. The maximum atomic E-state index is 11.0. The van der Waals surface area contributed by atoms with E-state index in [2.05, 4.69) is 20.9 Å². The minimum atomic E-state index is -0.944. The van der Waals surface area contributed by atoms with Crippen molar-refractivity contribution in [3.8, 4) is 0 Å². The van der Waals surface area contributed by atoms with Crippen LogP contribution in [0.25, 0.3) is 0 Å². The minimum Gasteiger partial charge on any atom is -0.478 e. The number of carbonyl (C=O) groups is 1. The lowest BCUT2D eigenvalue weighted by Crippen LogP contribution is -2.15. The Balaban J connectivity index is 1.90. The molecular weight excluding hydrogens is 436 g/mol. The molecule has 3 aromatic rings. The van der Waals surface area contributed by atoms with Gasteiger partial charge in [0.2, 0.25) is 0 Å². The Bertz CT molecular complexity index is 907. The largest absolute Gasteiger partial charge is 0.478 e. The summed E-state index contributed by atoms with van der Waals surface area (Å²) in [5.41, 5.74) is 1.37. The van der Waals surface area contributed by atoms with E-state index >= 15 is 0 Å². The molecule has 0 radical (unpaired) electrons. The zero-order valence-electron chi connectivity index (χ0n) is 13.5. The maximum Gasteiger partial charge on any atom is 0.335 e. The van der Waals surface area contributed by atoms with Crippen LogP contribution < -0.4 is 4.31 Å². The van der Waals surface area contributed by atoms with Gasteiger partial charge in [-0.2, -0.15) is 0 Å². The fourth-order valence-corrected chi connectivity index (χ4v) is 4.02. The van der Waals surface area contributed by atoms with E-state index in [-0.39, 0.29) is 5.56 Å². The van der Waals surface area contributed by atoms with Crippen LogP contribution >= 0.6 is 39.5 Å². The average molecular weight is 450 g/mol. The second-order valence-corrected chi connectivity index (χ2v) is 7.82. The van der Waals surface area contributed by atoms with Gasteiger partial charge in [0.15, 0.2) is 5.82 Å². The lowest BCUT2D eigenvalue weighted by molar-refractivity contribution is 0.0697. The Morgan fingerprint density at radius 1 is 1.15 bits per heavy atom. The van der Waals surface area contributed by atoms with Gasteiger partial charge in [0.25, 0.3) is 0 Å². The van der Waals surface area contributed by atoms with Crippen LogP contribution in [0.15, 0.2) is 76.2 Å². The highest BCUT2D eigenvalue weighted by Crippen LogP contribution is 2.35. The first-order chi connectivity index (χ1) is 12.5. The van der Waals surface area contributed by atoms with Crippen molar-refractivity contribution in [3.63, 3.8) is 0 Å². The van der Waals surface area contributed by atoms with Crippen molar-refractivity contribution in [2.45, 2.75) is 11.4 Å². The third kappa shape index (κ3) is 4.78. The van der Waals surface area contributed by atoms with Gasteiger partial charge in [-0.05, 0) is 63.8 Å². The summed E-state index contributed by atoms with van der Waals surface area (Å²) in [6.07, 6.45) is 1.70. The van der Waals surface area contributed by atoms with Crippen LogP contribution in [0.1, 0.15) is 15.9 Å². The smallest absolute Gasteiger partial charge is 0.335 e. The summed E-state index contributed by atoms with van der Waals surface area (Å²) in [4.78, 5) is 16.4. The highest BCUT2D eigenvalue weighted by Gasteiger charge is 2.15. The van der Waals surface area contributed by atoms with Crippen molar-refractivity contribution in [1.82, 2.24) is 4.98 Å². The fourth-order valence-electron chi connectivity index (χ4n) is 2.28. The van der Waals surface area contributed by atoms with E-state index in [1.54, 1.807) is 36.5 Å². The molecule has 2 aromatic carbocycles. The summed E-state index contributed by atoms with van der Waals surface area (Å²) in [5, 5.41) is 9.58. The lowest BCUT2D eigenvalue weighted by Gasteiger charge is -2.23. The molecule has 1 aromatic heterocycles. The molecule has 0 aliphatic rings. The predicted molar refractivity (Wildman–Crippen MR) is 109 cm³/mol. The SMILES string of the molecule is O=C(O)c1ccc(SN(Cc2ccccc2)c2ncc(Br)cc2Cl)cc1. The van der Waals surface area contributed by atoms with Crippen LogP contribution in [-0.4, -0.2) is 16.1 Å². The van der Waals surface area contributed by atoms with Gasteiger partial charge in [0.05, 0.1) is 17.1 Å². The summed E-state index contributed by atoms with van der Waals surface area (Å²) in [7, 11) is 0. The van der Waals surface area contributed by atoms with Crippen molar-refractivity contribution >= 4 is 51.3 Å². The van der Waals surface area contributed by atoms with E-state index in [1.807, 2.05) is 34.6 Å². The molecule has 0 bridgehead atoms. The van der Waals surface area contributed by atoms with Gasteiger partial charge >= 0.3 is 5.97 Å². The average Bonchev–Trinajstić information content (AvgIpc) is 2.62.